The Bertz CT molecular complexity index is 755. The third-order valence-corrected chi connectivity index (χ3v) is 6.56. The first-order valence-electron chi connectivity index (χ1n) is 10.7. The minimum Gasteiger partial charge on any atom is -0.390 e. The van der Waals surface area contributed by atoms with E-state index >= 15 is 0 Å². The van der Waals surface area contributed by atoms with Crippen LogP contribution >= 0.6 is 7.60 Å². The second-order valence-corrected chi connectivity index (χ2v) is 9.65. The minimum absolute atomic E-state index is 0.132. The molecule has 0 aliphatic carbocycles. The molecule has 174 valence electrons. The zero-order valence-corrected chi connectivity index (χ0v) is 18.5. The molecule has 0 saturated carbocycles. The van der Waals surface area contributed by atoms with Crippen molar-refractivity contribution in [3.05, 3.63) is 35.6 Å². The van der Waals surface area contributed by atoms with Crippen molar-refractivity contribution in [2.24, 2.45) is 5.73 Å². The highest BCUT2D eigenvalue weighted by molar-refractivity contribution is 7.52. The summed E-state index contributed by atoms with van der Waals surface area (Å²) in [5.41, 5.74) is 6.40. The van der Waals surface area contributed by atoms with Gasteiger partial charge < -0.3 is 20.7 Å². The van der Waals surface area contributed by atoms with E-state index in [4.69, 9.17) is 15.0 Å². The van der Waals surface area contributed by atoms with Gasteiger partial charge in [0, 0.05) is 0 Å². The molecule has 0 aromatic heterocycles. The molecule has 1 aliphatic rings. The topological polar surface area (TPSA) is 128 Å². The summed E-state index contributed by atoms with van der Waals surface area (Å²) in [7, 11) is -4.07. The van der Waals surface area contributed by atoms with Crippen LogP contribution in [0.4, 0.5) is 4.39 Å². The second-order valence-electron chi connectivity index (χ2n) is 7.71. The third kappa shape index (κ3) is 9.58. The van der Waals surface area contributed by atoms with Gasteiger partial charge in [0.15, 0.2) is 6.10 Å². The van der Waals surface area contributed by atoms with Crippen LogP contribution in [0.5, 0.6) is 0 Å². The number of carbonyl (C=O) groups excluding carboxylic acids is 2. The Morgan fingerprint density at radius 2 is 1.97 bits per heavy atom. The summed E-state index contributed by atoms with van der Waals surface area (Å²) in [5.74, 6) is -1.95. The highest BCUT2D eigenvalue weighted by Crippen LogP contribution is 2.45. The summed E-state index contributed by atoms with van der Waals surface area (Å²) >= 11 is 0. The van der Waals surface area contributed by atoms with Gasteiger partial charge in [0.25, 0.3) is 0 Å². The molecule has 1 aliphatic heterocycles. The van der Waals surface area contributed by atoms with E-state index in [2.05, 4.69) is 5.32 Å². The molecule has 0 radical (unpaired) electrons. The van der Waals surface area contributed by atoms with Gasteiger partial charge in [-0.25, -0.2) is 14.0 Å². The summed E-state index contributed by atoms with van der Waals surface area (Å²) in [6, 6.07) is 5.54. The summed E-state index contributed by atoms with van der Waals surface area (Å²) in [6.07, 6.45) is 2.83. The van der Waals surface area contributed by atoms with Crippen LogP contribution in [0.25, 0.3) is 0 Å². The molecule has 0 amide bonds. The Morgan fingerprint density at radius 1 is 1.23 bits per heavy atom. The lowest BCUT2D eigenvalue weighted by molar-refractivity contribution is -0.166. The molecule has 3 atom stereocenters. The van der Waals surface area contributed by atoms with Gasteiger partial charge >= 0.3 is 19.5 Å². The lowest BCUT2D eigenvalue weighted by Crippen LogP contribution is -2.37. The SMILES string of the molecule is NCCCCC(OP(=O)(O)CCCCc1ccc(F)cc1)C(=O)OC(=O)[C@@H]1CCCN1. The average molecular weight is 458 g/mol. The van der Waals surface area contributed by atoms with Gasteiger partial charge in [-0.15, -0.1) is 0 Å². The molecule has 1 saturated heterocycles. The number of esters is 2. The number of unbranched alkanes of at least 4 members (excludes halogenated alkanes) is 2. The molecule has 1 heterocycles. The summed E-state index contributed by atoms with van der Waals surface area (Å²) < 4.78 is 35.6. The van der Waals surface area contributed by atoms with Crippen molar-refractivity contribution >= 4 is 19.5 Å². The van der Waals surface area contributed by atoms with E-state index < -0.39 is 31.7 Å². The maximum absolute atomic E-state index is 12.9. The number of benzene rings is 1. The lowest BCUT2D eigenvalue weighted by atomic mass is 10.1. The Balaban J connectivity index is 1.84. The third-order valence-electron chi connectivity index (χ3n) is 5.09. The quantitative estimate of drug-likeness (QED) is 0.178. The largest absolute Gasteiger partial charge is 0.390 e. The van der Waals surface area contributed by atoms with Gasteiger partial charge in [-0.3, -0.25) is 9.09 Å². The molecule has 2 unspecified atom stereocenters. The van der Waals surface area contributed by atoms with Crippen molar-refractivity contribution < 1.29 is 32.7 Å². The number of aryl methyl sites for hydroxylation is 1. The monoisotopic (exact) mass is 458 g/mol. The molecule has 1 aromatic carbocycles. The highest BCUT2D eigenvalue weighted by Gasteiger charge is 2.33. The van der Waals surface area contributed by atoms with Crippen molar-refractivity contribution in [1.29, 1.82) is 0 Å². The number of rotatable bonds is 13. The van der Waals surface area contributed by atoms with Gasteiger partial charge in [0.2, 0.25) is 0 Å². The molecule has 1 fully saturated rings. The maximum Gasteiger partial charge on any atom is 0.343 e. The smallest absolute Gasteiger partial charge is 0.343 e. The number of nitrogens with two attached hydrogens (primary N) is 1. The van der Waals surface area contributed by atoms with Crippen molar-refractivity contribution in [1.82, 2.24) is 5.32 Å². The van der Waals surface area contributed by atoms with Gasteiger partial charge in [-0.2, -0.15) is 0 Å². The summed E-state index contributed by atoms with van der Waals surface area (Å²) in [4.78, 5) is 34.7. The van der Waals surface area contributed by atoms with Crippen LogP contribution < -0.4 is 11.1 Å². The molecule has 2 rings (SSSR count). The first-order chi connectivity index (χ1) is 14.8. The van der Waals surface area contributed by atoms with Crippen LogP contribution in [0.1, 0.15) is 50.5 Å². The van der Waals surface area contributed by atoms with E-state index in [1.165, 1.54) is 12.1 Å². The van der Waals surface area contributed by atoms with Gasteiger partial charge in [-0.1, -0.05) is 12.1 Å². The van der Waals surface area contributed by atoms with Crippen LogP contribution in [-0.4, -0.2) is 48.2 Å². The average Bonchev–Trinajstić information content (AvgIpc) is 3.27. The van der Waals surface area contributed by atoms with Crippen molar-refractivity contribution in [3.8, 4) is 0 Å². The van der Waals surface area contributed by atoms with Crippen LogP contribution in [0.2, 0.25) is 0 Å². The molecule has 8 nitrogen and oxygen atoms in total. The lowest BCUT2D eigenvalue weighted by Gasteiger charge is -2.20. The minimum atomic E-state index is -4.07. The first-order valence-corrected chi connectivity index (χ1v) is 12.5. The number of hydrogen-bond acceptors (Lipinski definition) is 7. The van der Waals surface area contributed by atoms with Crippen LogP contribution in [0.3, 0.4) is 0 Å². The molecular weight excluding hydrogens is 426 g/mol. The van der Waals surface area contributed by atoms with E-state index in [0.717, 1.165) is 12.0 Å². The maximum atomic E-state index is 12.9. The van der Waals surface area contributed by atoms with Crippen LogP contribution in [-0.2, 0) is 29.8 Å². The number of carbonyl (C=O) groups is 2. The second kappa shape index (κ2) is 13.0. The fourth-order valence-corrected chi connectivity index (χ4v) is 4.67. The fourth-order valence-electron chi connectivity index (χ4n) is 3.35. The molecule has 4 N–H and O–H groups in total. The Hall–Kier alpha value is -1.64. The van der Waals surface area contributed by atoms with Crippen molar-refractivity contribution in [2.75, 3.05) is 19.3 Å². The van der Waals surface area contributed by atoms with Crippen LogP contribution in [0, 0.1) is 5.82 Å². The Labute approximate surface area is 182 Å². The Morgan fingerprint density at radius 3 is 2.61 bits per heavy atom. The number of nitrogens with one attached hydrogen (secondary N) is 1. The molecular formula is C21H32FN2O6P. The summed E-state index contributed by atoms with van der Waals surface area (Å²) in [5, 5.41) is 2.94. The van der Waals surface area contributed by atoms with Crippen molar-refractivity contribution in [3.63, 3.8) is 0 Å². The van der Waals surface area contributed by atoms with Gasteiger partial charge in [0.05, 0.1) is 6.16 Å². The number of halogens is 1. The standard InChI is InChI=1S/C21H32FN2O6P/c22-17-11-9-16(10-12-17)6-2-4-15-31(27,28)30-19(8-1-3-13-23)21(26)29-20(25)18-7-5-14-24-18/h9-12,18-19,24H,1-8,13-15,23H2,(H,27,28)/t18-,19?/m0/s1. The molecule has 0 bridgehead atoms. The normalized spacial score (nSPS) is 19.0. The predicted molar refractivity (Wildman–Crippen MR) is 114 cm³/mol. The van der Waals surface area contributed by atoms with E-state index in [1.54, 1.807) is 12.1 Å². The van der Waals surface area contributed by atoms with E-state index in [9.17, 15) is 23.4 Å². The first kappa shape index (κ1) is 25.6. The van der Waals surface area contributed by atoms with Crippen molar-refractivity contribution in [2.45, 2.75) is 63.5 Å². The van der Waals surface area contributed by atoms with E-state index in [0.29, 0.717) is 51.6 Å². The number of hydrogen-bond donors (Lipinski definition) is 3. The van der Waals surface area contributed by atoms with Crippen LogP contribution in [0.15, 0.2) is 24.3 Å². The molecule has 1 aromatic rings. The fraction of sp³-hybridized carbons (Fsp3) is 0.619. The van der Waals surface area contributed by atoms with Gasteiger partial charge in [0.1, 0.15) is 11.9 Å². The Kier molecular flexibility index (Phi) is 10.8. The zero-order valence-electron chi connectivity index (χ0n) is 17.6. The molecule has 10 heteroatoms. The molecule has 0 spiro atoms. The van der Waals surface area contributed by atoms with E-state index in [-0.39, 0.29) is 18.4 Å². The van der Waals surface area contributed by atoms with E-state index in [1.807, 2.05) is 0 Å². The predicted octanol–water partition coefficient (Wildman–Crippen LogP) is 2.67. The zero-order chi connectivity index (χ0) is 22.7. The molecule has 31 heavy (non-hydrogen) atoms. The summed E-state index contributed by atoms with van der Waals surface area (Å²) in [6.45, 7) is 1.08. The number of ether oxygens (including phenoxy) is 1. The van der Waals surface area contributed by atoms with Gasteiger partial charge in [-0.05, 0) is 82.2 Å². The highest BCUT2D eigenvalue weighted by atomic mass is 31.2.